The number of rotatable bonds is 8. The van der Waals surface area contributed by atoms with Gasteiger partial charge >= 0.3 is 0 Å². The minimum absolute atomic E-state index is 0.575. The maximum absolute atomic E-state index is 6.87. The third-order valence-corrected chi connectivity index (χ3v) is 12.4. The molecule has 0 saturated heterocycles. The Kier molecular flexibility index (Phi) is 9.46. The molecule has 0 bridgehead atoms. The van der Waals surface area contributed by atoms with Crippen molar-refractivity contribution in [3.05, 3.63) is 237 Å². The Morgan fingerprint density at radius 3 is 1.55 bits per heavy atom. The molecular formula is C61H39N3O. The number of para-hydroxylation sites is 1. The van der Waals surface area contributed by atoms with E-state index in [1.165, 1.54) is 21.9 Å². The van der Waals surface area contributed by atoms with Crippen LogP contribution in [0.2, 0.25) is 0 Å². The van der Waals surface area contributed by atoms with E-state index in [0.717, 1.165) is 83.1 Å². The Morgan fingerprint density at radius 2 is 0.785 bits per heavy atom. The molecule has 0 fully saturated rings. The van der Waals surface area contributed by atoms with Crippen molar-refractivity contribution >= 4 is 32.7 Å². The summed E-state index contributed by atoms with van der Waals surface area (Å²) < 4.78 is 6.87. The highest BCUT2D eigenvalue weighted by molar-refractivity contribution is 6.15. The van der Waals surface area contributed by atoms with Crippen LogP contribution in [0.3, 0.4) is 0 Å². The molecule has 0 aliphatic carbocycles. The van der Waals surface area contributed by atoms with E-state index in [2.05, 4.69) is 218 Å². The highest BCUT2D eigenvalue weighted by Gasteiger charge is 2.21. The van der Waals surface area contributed by atoms with Crippen molar-refractivity contribution in [2.45, 2.75) is 0 Å². The molecule has 2 heterocycles. The van der Waals surface area contributed by atoms with Crippen LogP contribution in [-0.2, 0) is 0 Å². The Bertz CT molecular complexity index is 3690. The molecule has 0 spiro atoms. The number of nitrogens with zero attached hydrogens (tertiary/aromatic N) is 3. The van der Waals surface area contributed by atoms with Crippen LogP contribution in [0.5, 0.6) is 0 Å². The van der Waals surface area contributed by atoms with Gasteiger partial charge in [-0.25, -0.2) is 15.0 Å². The summed E-state index contributed by atoms with van der Waals surface area (Å²) in [7, 11) is 0. The van der Waals surface area contributed by atoms with Gasteiger partial charge in [-0.05, 0) is 85.1 Å². The summed E-state index contributed by atoms with van der Waals surface area (Å²) in [5.74, 6) is 1.76. The summed E-state index contributed by atoms with van der Waals surface area (Å²) in [6.45, 7) is 0. The summed E-state index contributed by atoms with van der Waals surface area (Å²) in [6, 6.07) is 82.9. The molecule has 0 N–H and O–H groups in total. The van der Waals surface area contributed by atoms with E-state index >= 15 is 0 Å². The van der Waals surface area contributed by atoms with Gasteiger partial charge in [-0.2, -0.15) is 0 Å². The van der Waals surface area contributed by atoms with Gasteiger partial charge in [0.1, 0.15) is 11.2 Å². The van der Waals surface area contributed by atoms with Crippen LogP contribution in [0.15, 0.2) is 241 Å². The van der Waals surface area contributed by atoms with Gasteiger partial charge in [-0.15, -0.1) is 0 Å². The van der Waals surface area contributed by atoms with E-state index in [9.17, 15) is 0 Å². The fourth-order valence-electron chi connectivity index (χ4n) is 9.10. The third-order valence-electron chi connectivity index (χ3n) is 12.4. The van der Waals surface area contributed by atoms with Crippen LogP contribution in [0, 0.1) is 0 Å². The maximum atomic E-state index is 6.87. The molecule has 0 aliphatic heterocycles. The van der Waals surface area contributed by atoms with E-state index < -0.39 is 0 Å². The summed E-state index contributed by atoms with van der Waals surface area (Å²) in [5.41, 5.74) is 15.5. The smallest absolute Gasteiger partial charge is 0.164 e. The van der Waals surface area contributed by atoms with Gasteiger partial charge < -0.3 is 4.42 Å². The minimum atomic E-state index is 0.575. The average Bonchev–Trinajstić information content (AvgIpc) is 3.78. The molecular weight excluding hydrogens is 791 g/mol. The zero-order chi connectivity index (χ0) is 43.1. The summed E-state index contributed by atoms with van der Waals surface area (Å²) in [5, 5.41) is 4.36. The normalized spacial score (nSPS) is 11.4. The lowest BCUT2D eigenvalue weighted by Crippen LogP contribution is -2.00. The SMILES string of the molecule is c1ccc(-c2ccc(-c3nc(-c4cccc(-c5ccc6ccccc6c5)c4)nc(-c4cccc5oc6c(-c7ccc(-c8ccccc8)c(-c8ccccc8)c7)cccc6c45)n3)cc2)cc1. The van der Waals surface area contributed by atoms with Crippen molar-refractivity contribution in [1.29, 1.82) is 0 Å². The van der Waals surface area contributed by atoms with Gasteiger partial charge in [-0.3, -0.25) is 0 Å². The van der Waals surface area contributed by atoms with Crippen molar-refractivity contribution in [3.8, 4) is 89.8 Å². The van der Waals surface area contributed by atoms with Gasteiger partial charge in [0.15, 0.2) is 17.5 Å². The minimum Gasteiger partial charge on any atom is -0.455 e. The molecule has 0 radical (unpaired) electrons. The number of benzene rings is 10. The topological polar surface area (TPSA) is 51.8 Å². The number of hydrogen-bond acceptors (Lipinski definition) is 4. The third kappa shape index (κ3) is 7.13. The van der Waals surface area contributed by atoms with Crippen molar-refractivity contribution in [2.24, 2.45) is 0 Å². The van der Waals surface area contributed by atoms with Gasteiger partial charge in [0.2, 0.25) is 0 Å². The standard InChI is InChI=1S/C61H39N3O/c1-4-15-40(16-5-1)42-29-32-45(33-30-42)59-62-60(50-24-12-23-47(38-50)48-34-31-41-17-10-11-22-46(41)37-48)64-61(63-59)54-27-14-28-56-57(54)53-26-13-25-52(58(53)65-56)49-35-36-51(43-18-6-2-7-19-43)55(39-49)44-20-8-3-9-21-44/h1-39H. The van der Waals surface area contributed by atoms with Crippen molar-refractivity contribution < 1.29 is 4.42 Å². The molecule has 12 aromatic rings. The predicted molar refractivity (Wildman–Crippen MR) is 268 cm³/mol. The number of furan rings is 1. The number of hydrogen-bond donors (Lipinski definition) is 0. The Balaban J connectivity index is 1.01. The number of aromatic nitrogens is 3. The second-order valence-electron chi connectivity index (χ2n) is 16.3. The van der Waals surface area contributed by atoms with Crippen LogP contribution in [0.4, 0.5) is 0 Å². The fraction of sp³-hybridized carbons (Fsp3) is 0. The quantitative estimate of drug-likeness (QED) is 0.153. The second kappa shape index (κ2) is 16.2. The largest absolute Gasteiger partial charge is 0.455 e. The van der Waals surface area contributed by atoms with Crippen molar-refractivity contribution in [3.63, 3.8) is 0 Å². The first-order chi connectivity index (χ1) is 32.2. The van der Waals surface area contributed by atoms with E-state index in [-0.39, 0.29) is 0 Å². The number of fused-ring (bicyclic) bond motifs is 4. The molecule has 304 valence electrons. The monoisotopic (exact) mass is 829 g/mol. The first-order valence-electron chi connectivity index (χ1n) is 21.9. The lowest BCUT2D eigenvalue weighted by Gasteiger charge is -2.13. The highest BCUT2D eigenvalue weighted by Crippen LogP contribution is 2.43. The molecule has 0 aliphatic rings. The highest BCUT2D eigenvalue weighted by atomic mass is 16.3. The first kappa shape index (κ1) is 38.0. The van der Waals surface area contributed by atoms with Crippen LogP contribution in [0.25, 0.3) is 123 Å². The summed E-state index contributed by atoms with van der Waals surface area (Å²) in [6.07, 6.45) is 0. The molecule has 0 atom stereocenters. The van der Waals surface area contributed by atoms with Crippen LogP contribution in [0.1, 0.15) is 0 Å². The average molecular weight is 830 g/mol. The van der Waals surface area contributed by atoms with Gasteiger partial charge in [-0.1, -0.05) is 212 Å². The van der Waals surface area contributed by atoms with Gasteiger partial charge in [0, 0.05) is 33.0 Å². The molecule has 0 amide bonds. The lowest BCUT2D eigenvalue weighted by molar-refractivity contribution is 0.670. The van der Waals surface area contributed by atoms with Gasteiger partial charge in [0.05, 0.1) is 0 Å². The second-order valence-corrected chi connectivity index (χ2v) is 16.3. The molecule has 12 rings (SSSR count). The molecule has 4 nitrogen and oxygen atoms in total. The van der Waals surface area contributed by atoms with Crippen LogP contribution >= 0.6 is 0 Å². The van der Waals surface area contributed by atoms with Crippen LogP contribution < -0.4 is 0 Å². The lowest BCUT2D eigenvalue weighted by atomic mass is 9.90. The fourth-order valence-corrected chi connectivity index (χ4v) is 9.10. The Morgan fingerprint density at radius 1 is 0.262 bits per heavy atom. The van der Waals surface area contributed by atoms with E-state index in [0.29, 0.717) is 17.5 Å². The Hall–Kier alpha value is -8.73. The molecule has 0 saturated carbocycles. The molecule has 2 aromatic heterocycles. The molecule has 4 heteroatoms. The molecule has 0 unspecified atom stereocenters. The first-order valence-corrected chi connectivity index (χ1v) is 21.9. The predicted octanol–water partition coefficient (Wildman–Crippen LogP) is 16.3. The molecule has 10 aromatic carbocycles. The molecule has 65 heavy (non-hydrogen) atoms. The summed E-state index contributed by atoms with van der Waals surface area (Å²) in [4.78, 5) is 15.7. The van der Waals surface area contributed by atoms with Crippen LogP contribution in [-0.4, -0.2) is 15.0 Å². The zero-order valence-electron chi connectivity index (χ0n) is 35.3. The Labute approximate surface area is 376 Å². The van der Waals surface area contributed by atoms with Crippen molar-refractivity contribution in [1.82, 2.24) is 15.0 Å². The van der Waals surface area contributed by atoms with Gasteiger partial charge in [0.25, 0.3) is 0 Å². The van der Waals surface area contributed by atoms with E-state index in [4.69, 9.17) is 19.4 Å². The maximum Gasteiger partial charge on any atom is 0.164 e. The van der Waals surface area contributed by atoms with E-state index in [1.54, 1.807) is 0 Å². The zero-order valence-corrected chi connectivity index (χ0v) is 35.3. The summed E-state index contributed by atoms with van der Waals surface area (Å²) >= 11 is 0. The van der Waals surface area contributed by atoms with E-state index in [1.807, 2.05) is 18.2 Å². The van der Waals surface area contributed by atoms with Crippen molar-refractivity contribution in [2.75, 3.05) is 0 Å².